The number of benzene rings is 1. The zero-order valence-electron chi connectivity index (χ0n) is 11.9. The van der Waals surface area contributed by atoms with E-state index in [1.807, 2.05) is 17.8 Å². The summed E-state index contributed by atoms with van der Waals surface area (Å²) >= 11 is 2.01. The Kier molecular flexibility index (Phi) is 7.21. The van der Waals surface area contributed by atoms with Crippen LogP contribution >= 0.6 is 11.8 Å². The van der Waals surface area contributed by atoms with Crippen molar-refractivity contribution in [1.82, 2.24) is 5.32 Å². The molecule has 0 heterocycles. The first-order valence-corrected chi connectivity index (χ1v) is 7.77. The SMILES string of the molecule is CCNC(CSCC(C)C)c1cccc(OC)c1. The van der Waals surface area contributed by atoms with Gasteiger partial charge >= 0.3 is 0 Å². The molecule has 1 aromatic carbocycles. The van der Waals surface area contributed by atoms with E-state index in [4.69, 9.17) is 4.74 Å². The van der Waals surface area contributed by atoms with Crippen molar-refractivity contribution >= 4 is 11.8 Å². The summed E-state index contributed by atoms with van der Waals surface area (Å²) in [6.07, 6.45) is 0. The van der Waals surface area contributed by atoms with Gasteiger partial charge in [-0.15, -0.1) is 0 Å². The van der Waals surface area contributed by atoms with E-state index in [2.05, 4.69) is 44.3 Å². The van der Waals surface area contributed by atoms with Crippen molar-refractivity contribution < 1.29 is 4.74 Å². The van der Waals surface area contributed by atoms with Crippen LogP contribution < -0.4 is 10.1 Å². The number of rotatable bonds is 8. The maximum absolute atomic E-state index is 5.29. The summed E-state index contributed by atoms with van der Waals surface area (Å²) in [4.78, 5) is 0. The molecule has 0 bridgehead atoms. The number of nitrogens with one attached hydrogen (secondary N) is 1. The van der Waals surface area contributed by atoms with Gasteiger partial charge in [0.25, 0.3) is 0 Å². The molecule has 0 aliphatic heterocycles. The average Bonchev–Trinajstić information content (AvgIpc) is 2.37. The molecule has 3 heteroatoms. The van der Waals surface area contributed by atoms with E-state index in [-0.39, 0.29) is 0 Å². The molecule has 1 unspecified atom stereocenters. The minimum absolute atomic E-state index is 0.411. The first-order chi connectivity index (χ1) is 8.67. The molecule has 0 saturated carbocycles. The zero-order valence-corrected chi connectivity index (χ0v) is 12.7. The van der Waals surface area contributed by atoms with Crippen LogP contribution in [0.25, 0.3) is 0 Å². The molecule has 18 heavy (non-hydrogen) atoms. The van der Waals surface area contributed by atoms with Gasteiger partial charge in [-0.3, -0.25) is 0 Å². The third-order valence-electron chi connectivity index (χ3n) is 2.68. The van der Waals surface area contributed by atoms with E-state index in [9.17, 15) is 0 Å². The summed E-state index contributed by atoms with van der Waals surface area (Å²) in [6.45, 7) is 7.67. The highest BCUT2D eigenvalue weighted by molar-refractivity contribution is 7.99. The molecule has 0 aliphatic carbocycles. The van der Waals surface area contributed by atoms with Gasteiger partial charge in [0.1, 0.15) is 5.75 Å². The largest absolute Gasteiger partial charge is 0.497 e. The predicted molar refractivity (Wildman–Crippen MR) is 81.6 cm³/mol. The first kappa shape index (κ1) is 15.4. The quantitative estimate of drug-likeness (QED) is 0.775. The molecule has 0 saturated heterocycles. The summed E-state index contributed by atoms with van der Waals surface area (Å²) in [5, 5.41) is 3.55. The van der Waals surface area contributed by atoms with Crippen LogP contribution in [0.1, 0.15) is 32.4 Å². The molecule has 1 rings (SSSR count). The number of hydrogen-bond acceptors (Lipinski definition) is 3. The molecule has 1 N–H and O–H groups in total. The van der Waals surface area contributed by atoms with Crippen molar-refractivity contribution in [2.45, 2.75) is 26.8 Å². The van der Waals surface area contributed by atoms with Gasteiger partial charge in [0.2, 0.25) is 0 Å². The Morgan fingerprint density at radius 1 is 1.28 bits per heavy atom. The molecule has 0 aromatic heterocycles. The van der Waals surface area contributed by atoms with Gasteiger partial charge in [-0.05, 0) is 35.9 Å². The van der Waals surface area contributed by atoms with E-state index in [0.29, 0.717) is 6.04 Å². The minimum atomic E-state index is 0.411. The van der Waals surface area contributed by atoms with Crippen molar-refractivity contribution in [3.8, 4) is 5.75 Å². The predicted octanol–water partition coefficient (Wildman–Crippen LogP) is 3.74. The van der Waals surface area contributed by atoms with Crippen LogP contribution in [0.3, 0.4) is 0 Å². The normalized spacial score (nSPS) is 12.7. The number of hydrogen-bond donors (Lipinski definition) is 1. The fourth-order valence-electron chi connectivity index (χ4n) is 1.80. The Labute approximate surface area is 116 Å². The van der Waals surface area contributed by atoms with E-state index in [1.54, 1.807) is 7.11 Å². The highest BCUT2D eigenvalue weighted by atomic mass is 32.2. The molecule has 1 aromatic rings. The third kappa shape index (κ3) is 5.32. The zero-order chi connectivity index (χ0) is 13.4. The summed E-state index contributed by atoms with van der Waals surface area (Å²) in [5.74, 6) is 4.01. The van der Waals surface area contributed by atoms with Crippen molar-refractivity contribution in [3.63, 3.8) is 0 Å². The van der Waals surface area contributed by atoms with Crippen LogP contribution in [0.5, 0.6) is 5.75 Å². The van der Waals surface area contributed by atoms with E-state index in [1.165, 1.54) is 11.3 Å². The van der Waals surface area contributed by atoms with Crippen molar-refractivity contribution in [1.29, 1.82) is 0 Å². The molecule has 102 valence electrons. The fraction of sp³-hybridized carbons (Fsp3) is 0.600. The Hall–Kier alpha value is -0.670. The molecular formula is C15H25NOS. The van der Waals surface area contributed by atoms with Gasteiger partial charge in [0, 0.05) is 11.8 Å². The monoisotopic (exact) mass is 267 g/mol. The second-order valence-corrected chi connectivity index (χ2v) is 5.89. The Morgan fingerprint density at radius 2 is 2.06 bits per heavy atom. The number of thioether (sulfide) groups is 1. The van der Waals surface area contributed by atoms with Gasteiger partial charge in [-0.2, -0.15) is 11.8 Å². The highest BCUT2D eigenvalue weighted by Crippen LogP contribution is 2.23. The molecule has 0 aliphatic rings. The average molecular weight is 267 g/mol. The second-order valence-electron chi connectivity index (χ2n) is 4.82. The second kappa shape index (κ2) is 8.44. The summed E-state index contributed by atoms with van der Waals surface area (Å²) in [7, 11) is 1.72. The summed E-state index contributed by atoms with van der Waals surface area (Å²) < 4.78 is 5.29. The first-order valence-electron chi connectivity index (χ1n) is 6.62. The molecule has 0 fully saturated rings. The highest BCUT2D eigenvalue weighted by Gasteiger charge is 2.11. The lowest BCUT2D eigenvalue weighted by atomic mass is 10.1. The van der Waals surface area contributed by atoms with Gasteiger partial charge in [-0.1, -0.05) is 32.9 Å². The topological polar surface area (TPSA) is 21.3 Å². The molecule has 1 atom stereocenters. The van der Waals surface area contributed by atoms with E-state index < -0.39 is 0 Å². The maximum atomic E-state index is 5.29. The molecule has 0 radical (unpaired) electrons. The molecule has 2 nitrogen and oxygen atoms in total. The Bertz CT molecular complexity index is 341. The van der Waals surface area contributed by atoms with Crippen molar-refractivity contribution in [2.24, 2.45) is 5.92 Å². The van der Waals surface area contributed by atoms with Gasteiger partial charge in [0.15, 0.2) is 0 Å². The van der Waals surface area contributed by atoms with Crippen molar-refractivity contribution in [3.05, 3.63) is 29.8 Å². The molecule has 0 amide bonds. The van der Waals surface area contributed by atoms with Crippen LogP contribution in [0.2, 0.25) is 0 Å². The summed E-state index contributed by atoms with van der Waals surface area (Å²) in [6, 6.07) is 8.77. The van der Waals surface area contributed by atoms with Crippen LogP contribution in [0, 0.1) is 5.92 Å². The fourth-order valence-corrected chi connectivity index (χ4v) is 2.95. The van der Waals surface area contributed by atoms with Gasteiger partial charge in [-0.25, -0.2) is 0 Å². The van der Waals surface area contributed by atoms with Crippen LogP contribution in [0.15, 0.2) is 24.3 Å². The number of ether oxygens (including phenoxy) is 1. The summed E-state index contributed by atoms with van der Waals surface area (Å²) in [5.41, 5.74) is 1.31. The molecule has 0 spiro atoms. The van der Waals surface area contributed by atoms with E-state index >= 15 is 0 Å². The van der Waals surface area contributed by atoms with Gasteiger partial charge in [0.05, 0.1) is 7.11 Å². The number of methoxy groups -OCH3 is 1. The van der Waals surface area contributed by atoms with Gasteiger partial charge < -0.3 is 10.1 Å². The van der Waals surface area contributed by atoms with E-state index in [0.717, 1.165) is 24.0 Å². The van der Waals surface area contributed by atoms with Crippen molar-refractivity contribution in [2.75, 3.05) is 25.2 Å². The Morgan fingerprint density at radius 3 is 2.67 bits per heavy atom. The van der Waals surface area contributed by atoms with Crippen LogP contribution in [-0.4, -0.2) is 25.2 Å². The smallest absolute Gasteiger partial charge is 0.119 e. The molecular weight excluding hydrogens is 242 g/mol. The Balaban J connectivity index is 2.64. The lowest BCUT2D eigenvalue weighted by Gasteiger charge is -2.19. The maximum Gasteiger partial charge on any atom is 0.119 e. The van der Waals surface area contributed by atoms with Crippen LogP contribution in [-0.2, 0) is 0 Å². The standard InChI is InChI=1S/C15H25NOS/c1-5-16-15(11-18-10-12(2)3)13-7-6-8-14(9-13)17-4/h6-9,12,15-16H,5,10-11H2,1-4H3. The minimum Gasteiger partial charge on any atom is -0.497 e. The third-order valence-corrected chi connectivity index (χ3v) is 4.15. The lowest BCUT2D eigenvalue weighted by molar-refractivity contribution is 0.413. The van der Waals surface area contributed by atoms with Crippen LogP contribution in [0.4, 0.5) is 0 Å². The lowest BCUT2D eigenvalue weighted by Crippen LogP contribution is -2.23.